The van der Waals surface area contributed by atoms with Gasteiger partial charge < -0.3 is 9.64 Å². The van der Waals surface area contributed by atoms with Gasteiger partial charge in [0.15, 0.2) is 23.2 Å². The van der Waals surface area contributed by atoms with Crippen molar-refractivity contribution >= 4 is 5.84 Å². The SMILES string of the molecule is C=C1N=C(C)N(Cc2cc(F)c(F)c(F)c2)C=C1OC. The summed E-state index contributed by atoms with van der Waals surface area (Å²) in [5.41, 5.74) is 0.757. The molecule has 1 aromatic carbocycles. The maximum atomic E-state index is 13.2. The van der Waals surface area contributed by atoms with Crippen molar-refractivity contribution in [3.63, 3.8) is 0 Å². The largest absolute Gasteiger partial charge is 0.493 e. The second-order valence-corrected chi connectivity index (χ2v) is 4.30. The van der Waals surface area contributed by atoms with Crippen LogP contribution in [0.1, 0.15) is 12.5 Å². The van der Waals surface area contributed by atoms with E-state index in [-0.39, 0.29) is 12.1 Å². The predicted octanol–water partition coefficient (Wildman–Crippen LogP) is 3.34. The van der Waals surface area contributed by atoms with E-state index >= 15 is 0 Å². The van der Waals surface area contributed by atoms with Crippen molar-refractivity contribution in [2.75, 3.05) is 7.11 Å². The van der Waals surface area contributed by atoms with Crippen LogP contribution < -0.4 is 0 Å². The number of halogens is 3. The van der Waals surface area contributed by atoms with Gasteiger partial charge in [0.2, 0.25) is 0 Å². The first kappa shape index (κ1) is 14.2. The topological polar surface area (TPSA) is 24.8 Å². The number of methoxy groups -OCH3 is 1. The molecule has 106 valence electrons. The minimum absolute atomic E-state index is 0.142. The Morgan fingerprint density at radius 2 is 1.85 bits per heavy atom. The fourth-order valence-electron chi connectivity index (χ4n) is 1.85. The average Bonchev–Trinajstić information content (AvgIpc) is 2.39. The van der Waals surface area contributed by atoms with E-state index in [4.69, 9.17) is 4.74 Å². The Morgan fingerprint density at radius 3 is 2.40 bits per heavy atom. The van der Waals surface area contributed by atoms with Gasteiger partial charge in [0.25, 0.3) is 0 Å². The molecule has 0 atom stereocenters. The highest BCUT2D eigenvalue weighted by Gasteiger charge is 2.17. The molecule has 20 heavy (non-hydrogen) atoms. The third kappa shape index (κ3) is 2.68. The number of ether oxygens (including phenoxy) is 1. The molecule has 0 bridgehead atoms. The highest BCUT2D eigenvalue weighted by atomic mass is 19.2. The number of nitrogens with zero attached hydrogens (tertiary/aromatic N) is 2. The van der Waals surface area contributed by atoms with E-state index in [2.05, 4.69) is 11.6 Å². The average molecular weight is 282 g/mol. The fourth-order valence-corrected chi connectivity index (χ4v) is 1.85. The van der Waals surface area contributed by atoms with Crippen LogP contribution in [0.2, 0.25) is 0 Å². The third-order valence-corrected chi connectivity index (χ3v) is 2.89. The monoisotopic (exact) mass is 282 g/mol. The summed E-state index contributed by atoms with van der Waals surface area (Å²) in [6.07, 6.45) is 1.63. The highest BCUT2D eigenvalue weighted by Crippen LogP contribution is 2.21. The minimum Gasteiger partial charge on any atom is -0.493 e. The number of aliphatic imine (C=N–C) groups is 1. The van der Waals surface area contributed by atoms with E-state index < -0.39 is 17.5 Å². The summed E-state index contributed by atoms with van der Waals surface area (Å²) in [6.45, 7) is 5.59. The lowest BCUT2D eigenvalue weighted by atomic mass is 10.2. The lowest BCUT2D eigenvalue weighted by Gasteiger charge is -2.25. The Bertz CT molecular complexity index is 600. The summed E-state index contributed by atoms with van der Waals surface area (Å²) in [7, 11) is 1.47. The second-order valence-electron chi connectivity index (χ2n) is 4.30. The first-order valence-electron chi connectivity index (χ1n) is 5.83. The van der Waals surface area contributed by atoms with E-state index in [9.17, 15) is 13.2 Å². The van der Waals surface area contributed by atoms with E-state index in [1.54, 1.807) is 18.0 Å². The minimum atomic E-state index is -1.47. The van der Waals surface area contributed by atoms with Gasteiger partial charge in [-0.25, -0.2) is 18.2 Å². The summed E-state index contributed by atoms with van der Waals surface area (Å²) in [5.74, 6) is -2.85. The molecule has 1 aliphatic heterocycles. The predicted molar refractivity (Wildman–Crippen MR) is 69.2 cm³/mol. The van der Waals surface area contributed by atoms with Gasteiger partial charge in [0, 0.05) is 12.7 Å². The number of rotatable bonds is 3. The molecule has 0 saturated carbocycles. The lowest BCUT2D eigenvalue weighted by Crippen LogP contribution is -2.26. The molecule has 0 aliphatic carbocycles. The molecule has 1 heterocycles. The molecular weight excluding hydrogens is 269 g/mol. The van der Waals surface area contributed by atoms with Crippen molar-refractivity contribution in [3.05, 3.63) is 59.4 Å². The van der Waals surface area contributed by atoms with Gasteiger partial charge in [-0.2, -0.15) is 0 Å². The molecular formula is C14H13F3N2O. The Kier molecular flexibility index (Phi) is 3.83. The molecule has 0 N–H and O–H groups in total. The molecule has 0 spiro atoms. The summed E-state index contributed by atoms with van der Waals surface area (Å²) < 4.78 is 44.4. The van der Waals surface area contributed by atoms with Gasteiger partial charge in [0.05, 0.1) is 7.11 Å². The highest BCUT2D eigenvalue weighted by molar-refractivity contribution is 5.83. The van der Waals surface area contributed by atoms with Gasteiger partial charge in [-0.15, -0.1) is 0 Å². The van der Waals surface area contributed by atoms with Crippen LogP contribution >= 0.6 is 0 Å². The van der Waals surface area contributed by atoms with Crippen LogP contribution in [0.4, 0.5) is 13.2 Å². The van der Waals surface area contributed by atoms with Gasteiger partial charge in [-0.05, 0) is 24.6 Å². The van der Waals surface area contributed by atoms with Gasteiger partial charge in [-0.3, -0.25) is 0 Å². The molecule has 1 aromatic rings. The second kappa shape index (κ2) is 5.40. The van der Waals surface area contributed by atoms with Crippen LogP contribution in [0, 0.1) is 17.5 Å². The fraction of sp³-hybridized carbons (Fsp3) is 0.214. The number of benzene rings is 1. The van der Waals surface area contributed by atoms with Crippen molar-refractivity contribution in [3.8, 4) is 0 Å². The zero-order valence-electron chi connectivity index (χ0n) is 11.1. The quantitative estimate of drug-likeness (QED) is 0.794. The van der Waals surface area contributed by atoms with Crippen molar-refractivity contribution in [1.29, 1.82) is 0 Å². The van der Waals surface area contributed by atoms with Crippen LogP contribution in [0.25, 0.3) is 0 Å². The molecule has 0 fully saturated rings. The maximum Gasteiger partial charge on any atom is 0.194 e. The summed E-state index contributed by atoms with van der Waals surface area (Å²) >= 11 is 0. The number of hydrogen-bond acceptors (Lipinski definition) is 3. The van der Waals surface area contributed by atoms with Crippen LogP contribution in [0.3, 0.4) is 0 Å². The van der Waals surface area contributed by atoms with Gasteiger partial charge in [0.1, 0.15) is 11.5 Å². The number of hydrogen-bond donors (Lipinski definition) is 0. The Hall–Kier alpha value is -2.24. The van der Waals surface area contributed by atoms with E-state index in [0.29, 0.717) is 17.3 Å². The van der Waals surface area contributed by atoms with Crippen molar-refractivity contribution in [1.82, 2.24) is 4.90 Å². The third-order valence-electron chi connectivity index (χ3n) is 2.89. The van der Waals surface area contributed by atoms with Crippen LogP contribution in [0.15, 0.2) is 41.4 Å². The maximum absolute atomic E-state index is 13.2. The van der Waals surface area contributed by atoms with Crippen molar-refractivity contribution in [2.45, 2.75) is 13.5 Å². The Labute approximate surface area is 114 Å². The summed E-state index contributed by atoms with van der Waals surface area (Å²) in [5, 5.41) is 0. The molecule has 6 heteroatoms. The molecule has 0 unspecified atom stereocenters. The summed E-state index contributed by atoms with van der Waals surface area (Å²) in [4.78, 5) is 5.81. The molecule has 0 amide bonds. The molecule has 2 rings (SSSR count). The normalized spacial score (nSPS) is 15.1. The van der Waals surface area contributed by atoms with Crippen molar-refractivity contribution < 1.29 is 17.9 Å². The van der Waals surface area contributed by atoms with Gasteiger partial charge >= 0.3 is 0 Å². The lowest BCUT2D eigenvalue weighted by molar-refractivity contribution is 0.287. The van der Waals surface area contributed by atoms with Crippen LogP contribution in [-0.4, -0.2) is 17.8 Å². The Balaban J connectivity index is 2.28. The summed E-state index contributed by atoms with van der Waals surface area (Å²) in [6, 6.07) is 1.91. The van der Waals surface area contributed by atoms with Gasteiger partial charge in [-0.1, -0.05) is 6.58 Å². The van der Waals surface area contributed by atoms with Crippen LogP contribution in [-0.2, 0) is 11.3 Å². The van der Waals surface area contributed by atoms with Crippen LogP contribution in [0.5, 0.6) is 0 Å². The first-order valence-corrected chi connectivity index (χ1v) is 5.83. The molecule has 1 aliphatic rings. The smallest absolute Gasteiger partial charge is 0.194 e. The van der Waals surface area contributed by atoms with E-state index in [1.807, 2.05) is 0 Å². The van der Waals surface area contributed by atoms with E-state index in [1.165, 1.54) is 7.11 Å². The zero-order valence-corrected chi connectivity index (χ0v) is 11.1. The molecule has 0 saturated heterocycles. The molecule has 0 aromatic heterocycles. The standard InChI is InChI=1S/C14H13F3N2O/c1-8-13(20-3)7-19(9(2)18-8)6-10-4-11(15)14(17)12(16)5-10/h4-5,7H,1,6H2,2-3H3. The first-order chi connectivity index (χ1) is 9.42. The zero-order chi connectivity index (χ0) is 14.9. The molecule has 3 nitrogen and oxygen atoms in total. The number of amidine groups is 1. The van der Waals surface area contributed by atoms with Crippen molar-refractivity contribution in [2.24, 2.45) is 4.99 Å². The molecule has 0 radical (unpaired) electrons. The Morgan fingerprint density at radius 1 is 1.25 bits per heavy atom. The van der Waals surface area contributed by atoms with E-state index in [0.717, 1.165) is 12.1 Å².